The number of carbonyl (C=O) groups is 4. The normalized spacial score (nSPS) is 22.4. The first kappa shape index (κ1) is 23.3. The van der Waals surface area contributed by atoms with Gasteiger partial charge in [0.15, 0.2) is 0 Å². The van der Waals surface area contributed by atoms with E-state index < -0.39 is 46.9 Å². The van der Waals surface area contributed by atoms with Gasteiger partial charge in [-0.05, 0) is 54.7 Å². The summed E-state index contributed by atoms with van der Waals surface area (Å²) in [5.74, 6) is -3.64. The molecule has 35 heavy (non-hydrogen) atoms. The number of amides is 4. The minimum atomic E-state index is -1.25. The van der Waals surface area contributed by atoms with E-state index in [1.807, 2.05) is 4.90 Å². The van der Waals surface area contributed by atoms with Crippen molar-refractivity contribution >= 4 is 23.6 Å². The van der Waals surface area contributed by atoms with Crippen molar-refractivity contribution in [3.63, 3.8) is 0 Å². The van der Waals surface area contributed by atoms with Crippen LogP contribution in [0.2, 0.25) is 0 Å². The van der Waals surface area contributed by atoms with Crippen LogP contribution < -0.4 is 5.32 Å². The lowest BCUT2D eigenvalue weighted by Gasteiger charge is -2.38. The molecule has 182 valence electrons. The van der Waals surface area contributed by atoms with E-state index >= 15 is 0 Å². The van der Waals surface area contributed by atoms with E-state index in [2.05, 4.69) is 5.32 Å². The van der Waals surface area contributed by atoms with Crippen LogP contribution in [0.3, 0.4) is 0 Å². The molecule has 3 aliphatic rings. The molecule has 2 aromatic rings. The number of nitrogens with one attached hydrogen (secondary N) is 1. The Morgan fingerprint density at radius 1 is 0.943 bits per heavy atom. The van der Waals surface area contributed by atoms with Crippen molar-refractivity contribution in [3.8, 4) is 0 Å². The molecule has 0 bridgehead atoms. The van der Waals surface area contributed by atoms with Gasteiger partial charge in [-0.25, -0.2) is 8.78 Å². The molecule has 0 aromatic heterocycles. The smallest absolute Gasteiger partial charge is 0.262 e. The number of halogens is 2. The third-order valence-electron chi connectivity index (χ3n) is 6.99. The van der Waals surface area contributed by atoms with E-state index in [0.29, 0.717) is 43.6 Å². The second-order valence-electron chi connectivity index (χ2n) is 9.29. The summed E-state index contributed by atoms with van der Waals surface area (Å²) in [5.41, 5.74) is 0.00684. The van der Waals surface area contributed by atoms with Crippen molar-refractivity contribution in [1.29, 1.82) is 0 Å². The number of hydrogen-bond donors (Lipinski definition) is 2. The van der Waals surface area contributed by atoms with Gasteiger partial charge >= 0.3 is 0 Å². The van der Waals surface area contributed by atoms with E-state index in [1.54, 1.807) is 6.07 Å². The van der Waals surface area contributed by atoms with E-state index in [1.165, 1.54) is 24.3 Å². The van der Waals surface area contributed by atoms with Crippen LogP contribution in [0, 0.1) is 11.6 Å². The lowest BCUT2D eigenvalue weighted by molar-refractivity contribution is -0.136. The Hall–Kier alpha value is -3.50. The van der Waals surface area contributed by atoms with Gasteiger partial charge in [-0.1, -0.05) is 6.07 Å². The highest BCUT2D eigenvalue weighted by Crippen LogP contribution is 2.36. The highest BCUT2D eigenvalue weighted by molar-refractivity contribution is 6.23. The summed E-state index contributed by atoms with van der Waals surface area (Å²) in [7, 11) is 0. The zero-order valence-corrected chi connectivity index (χ0v) is 18.7. The van der Waals surface area contributed by atoms with Crippen LogP contribution in [0.5, 0.6) is 0 Å². The van der Waals surface area contributed by atoms with E-state index in [9.17, 15) is 33.1 Å². The number of likely N-dealkylation sites (tertiary alicyclic amines) is 1. The zero-order valence-electron chi connectivity index (χ0n) is 18.7. The maximum atomic E-state index is 13.5. The molecule has 0 radical (unpaired) electrons. The summed E-state index contributed by atoms with van der Waals surface area (Å²) in [4.78, 5) is 52.5. The second-order valence-corrected chi connectivity index (χ2v) is 9.29. The Bertz CT molecular complexity index is 1240. The fraction of sp³-hybridized carbons (Fsp3) is 0.360. The van der Waals surface area contributed by atoms with Gasteiger partial charge in [-0.3, -0.25) is 34.3 Å². The Labute approximate surface area is 199 Å². The van der Waals surface area contributed by atoms with Crippen LogP contribution >= 0.6 is 0 Å². The van der Waals surface area contributed by atoms with Gasteiger partial charge in [-0.2, -0.15) is 0 Å². The fourth-order valence-electron chi connectivity index (χ4n) is 5.09. The minimum Gasteiger partial charge on any atom is -0.385 e. The molecule has 2 fully saturated rings. The summed E-state index contributed by atoms with van der Waals surface area (Å²) >= 11 is 0. The molecule has 2 saturated heterocycles. The van der Waals surface area contributed by atoms with Crippen molar-refractivity contribution in [2.24, 2.45) is 0 Å². The number of fused-ring (bicyclic) bond motifs is 1. The molecule has 8 nitrogen and oxygen atoms in total. The van der Waals surface area contributed by atoms with Gasteiger partial charge in [0.25, 0.3) is 11.8 Å². The number of hydrogen-bond acceptors (Lipinski definition) is 6. The number of piperidine rings is 2. The van der Waals surface area contributed by atoms with Crippen molar-refractivity contribution in [3.05, 3.63) is 70.3 Å². The molecule has 0 saturated carbocycles. The lowest BCUT2D eigenvalue weighted by atomic mass is 9.83. The summed E-state index contributed by atoms with van der Waals surface area (Å²) in [6, 6.07) is 6.91. The molecule has 1 unspecified atom stereocenters. The first-order valence-corrected chi connectivity index (χ1v) is 11.4. The fourth-order valence-corrected chi connectivity index (χ4v) is 5.09. The van der Waals surface area contributed by atoms with Gasteiger partial charge in [0.1, 0.15) is 17.7 Å². The Morgan fingerprint density at radius 2 is 1.60 bits per heavy atom. The van der Waals surface area contributed by atoms with Crippen LogP contribution in [0.15, 0.2) is 36.4 Å². The average molecular weight is 483 g/mol. The summed E-state index contributed by atoms with van der Waals surface area (Å²) in [5, 5.41) is 13.5. The van der Waals surface area contributed by atoms with Gasteiger partial charge in [-0.15, -0.1) is 0 Å². The average Bonchev–Trinajstić information content (AvgIpc) is 3.05. The molecule has 3 heterocycles. The molecule has 2 aromatic carbocycles. The number of aliphatic hydroxyl groups is 1. The summed E-state index contributed by atoms with van der Waals surface area (Å²) in [6.45, 7) is 1.25. The van der Waals surface area contributed by atoms with E-state index in [-0.39, 0.29) is 24.0 Å². The van der Waals surface area contributed by atoms with Gasteiger partial charge in [0, 0.05) is 32.1 Å². The molecule has 3 aliphatic heterocycles. The van der Waals surface area contributed by atoms with Crippen molar-refractivity contribution < 1.29 is 33.1 Å². The van der Waals surface area contributed by atoms with Crippen molar-refractivity contribution in [1.82, 2.24) is 15.1 Å². The number of nitrogens with zero attached hydrogens (tertiary/aromatic N) is 2. The van der Waals surface area contributed by atoms with Gasteiger partial charge < -0.3 is 5.11 Å². The molecule has 0 aliphatic carbocycles. The summed E-state index contributed by atoms with van der Waals surface area (Å²) < 4.78 is 27.0. The largest absolute Gasteiger partial charge is 0.385 e. The van der Waals surface area contributed by atoms with Crippen molar-refractivity contribution in [2.75, 3.05) is 13.1 Å². The molecule has 5 rings (SSSR count). The molecule has 4 amide bonds. The molecule has 10 heteroatoms. The van der Waals surface area contributed by atoms with Crippen LogP contribution in [0.4, 0.5) is 8.78 Å². The van der Waals surface area contributed by atoms with Crippen LogP contribution in [0.25, 0.3) is 0 Å². The van der Waals surface area contributed by atoms with E-state index in [0.717, 1.165) is 11.0 Å². The van der Waals surface area contributed by atoms with E-state index in [4.69, 9.17) is 0 Å². The standard InChI is InChI=1S/C25H23F2N3O5/c26-16-9-14(10-17(27)12-16)13-29-7-5-25(35,6-8-29)15-1-2-18-19(11-15)24(34)30(23(18)33)20-3-4-21(31)28-22(20)32/h1-2,9-12,20,35H,3-8,13H2,(H,28,31,32). The van der Waals surface area contributed by atoms with Crippen LogP contribution in [-0.2, 0) is 21.7 Å². The van der Waals surface area contributed by atoms with Gasteiger partial charge in [0.2, 0.25) is 11.8 Å². The maximum absolute atomic E-state index is 13.5. The monoisotopic (exact) mass is 483 g/mol. The first-order chi connectivity index (χ1) is 16.6. The number of benzene rings is 2. The molecule has 2 N–H and O–H groups in total. The highest BCUT2D eigenvalue weighted by Gasteiger charge is 2.45. The SMILES string of the molecule is O=C1CCC(N2C(=O)c3ccc(C4(O)CCN(Cc5cc(F)cc(F)c5)CC4)cc3C2=O)C(=O)N1. The summed E-state index contributed by atoms with van der Waals surface area (Å²) in [6.07, 6.45) is 0.747. The van der Waals surface area contributed by atoms with Crippen LogP contribution in [0.1, 0.15) is 57.5 Å². The quantitative estimate of drug-likeness (QED) is 0.643. The lowest BCUT2D eigenvalue weighted by Crippen LogP contribution is -2.54. The molecule has 0 spiro atoms. The topological polar surface area (TPSA) is 107 Å². The Kier molecular flexibility index (Phi) is 5.72. The maximum Gasteiger partial charge on any atom is 0.262 e. The Balaban J connectivity index is 1.31. The molecular weight excluding hydrogens is 460 g/mol. The predicted molar refractivity (Wildman–Crippen MR) is 118 cm³/mol. The third-order valence-corrected chi connectivity index (χ3v) is 6.99. The highest BCUT2D eigenvalue weighted by atomic mass is 19.1. The second kappa shape index (κ2) is 8.62. The molecule has 1 atom stereocenters. The number of imide groups is 2. The van der Waals surface area contributed by atoms with Crippen molar-refractivity contribution in [2.45, 2.75) is 43.9 Å². The van der Waals surface area contributed by atoms with Crippen LogP contribution in [-0.4, -0.2) is 57.7 Å². The van der Waals surface area contributed by atoms with Gasteiger partial charge in [0.05, 0.1) is 16.7 Å². The third kappa shape index (κ3) is 4.23. The predicted octanol–water partition coefficient (Wildman–Crippen LogP) is 1.85. The molecular formula is C25H23F2N3O5. The zero-order chi connectivity index (χ0) is 24.9. The first-order valence-electron chi connectivity index (χ1n) is 11.4. The number of rotatable bonds is 4. The minimum absolute atomic E-state index is 0.0353. The Morgan fingerprint density at radius 3 is 2.26 bits per heavy atom. The number of carbonyl (C=O) groups excluding carboxylic acids is 4.